The highest BCUT2D eigenvalue weighted by atomic mass is 16.6. The highest BCUT2D eigenvalue weighted by molar-refractivity contribution is 5.68. The van der Waals surface area contributed by atoms with Crippen LogP contribution in [0.1, 0.15) is 73.1 Å². The number of alkyl carbamates (subject to hydrolysis) is 1. The van der Waals surface area contributed by atoms with Crippen molar-refractivity contribution in [2.24, 2.45) is 11.8 Å². The number of amides is 1. The Kier molecular flexibility index (Phi) is 4.82. The van der Waals surface area contributed by atoms with E-state index in [0.29, 0.717) is 11.8 Å². The highest BCUT2D eigenvalue weighted by Gasteiger charge is 2.52. The van der Waals surface area contributed by atoms with Gasteiger partial charge in [0, 0.05) is 17.5 Å². The number of carbonyl (C=O) groups excluding carboxylic acids is 1. The van der Waals surface area contributed by atoms with E-state index in [9.17, 15) is 4.79 Å². The summed E-state index contributed by atoms with van der Waals surface area (Å²) in [6, 6.07) is 0. The quantitative estimate of drug-likeness (QED) is 0.832. The predicted octanol–water partition coefficient (Wildman–Crippen LogP) is 3.85. The Morgan fingerprint density at radius 3 is 2.50 bits per heavy atom. The third-order valence-corrected chi connectivity index (χ3v) is 5.45. The minimum Gasteiger partial charge on any atom is -0.443 e. The van der Waals surface area contributed by atoms with Crippen molar-refractivity contribution in [3.63, 3.8) is 0 Å². The van der Waals surface area contributed by atoms with Crippen molar-refractivity contribution in [1.29, 1.82) is 0 Å². The largest absolute Gasteiger partial charge is 0.443 e. The maximum absolute atomic E-state index is 12.4. The summed E-state index contributed by atoms with van der Waals surface area (Å²) >= 11 is 0. The SMILES string of the molecule is CCC1(NC)CC2CC(C)CC(OC(=O)NC(C)(C)C)(C2)C1. The standard InChI is InChI=1S/C18H34N2O2/c1-7-17(19-6)10-14-8-13(2)9-18(11-14,12-17)22-15(21)20-16(3,4)5/h13-14,19H,7-12H2,1-6H3,(H,20,21). The van der Waals surface area contributed by atoms with Crippen molar-refractivity contribution >= 4 is 6.09 Å². The van der Waals surface area contributed by atoms with Gasteiger partial charge in [-0.05, 0) is 71.8 Å². The van der Waals surface area contributed by atoms with E-state index in [0.717, 1.165) is 25.7 Å². The number of ether oxygens (including phenoxy) is 1. The number of carbonyl (C=O) groups is 1. The van der Waals surface area contributed by atoms with Gasteiger partial charge < -0.3 is 15.4 Å². The van der Waals surface area contributed by atoms with Gasteiger partial charge in [-0.3, -0.25) is 0 Å². The zero-order chi connectivity index (χ0) is 16.6. The maximum Gasteiger partial charge on any atom is 0.408 e. The van der Waals surface area contributed by atoms with Crippen LogP contribution in [0, 0.1) is 11.8 Å². The van der Waals surface area contributed by atoms with E-state index in [1.54, 1.807) is 0 Å². The molecule has 2 bridgehead atoms. The van der Waals surface area contributed by atoms with E-state index in [2.05, 4.69) is 31.5 Å². The molecule has 22 heavy (non-hydrogen) atoms. The molecule has 0 heterocycles. The molecule has 128 valence electrons. The van der Waals surface area contributed by atoms with Crippen LogP contribution in [-0.2, 0) is 4.74 Å². The van der Waals surface area contributed by atoms with Gasteiger partial charge in [0.05, 0.1) is 0 Å². The number of fused-ring (bicyclic) bond motifs is 2. The van der Waals surface area contributed by atoms with Crippen molar-refractivity contribution in [2.45, 2.75) is 89.8 Å². The second-order valence-corrected chi connectivity index (χ2v) is 8.83. The molecule has 2 rings (SSSR count). The Morgan fingerprint density at radius 2 is 1.95 bits per heavy atom. The van der Waals surface area contributed by atoms with Crippen molar-refractivity contribution in [2.75, 3.05) is 7.05 Å². The molecule has 4 atom stereocenters. The van der Waals surface area contributed by atoms with Crippen molar-refractivity contribution in [3.8, 4) is 0 Å². The lowest BCUT2D eigenvalue weighted by Crippen LogP contribution is -2.60. The number of hydrogen-bond donors (Lipinski definition) is 2. The molecular weight excluding hydrogens is 276 g/mol. The van der Waals surface area contributed by atoms with Crippen LogP contribution in [0.25, 0.3) is 0 Å². The van der Waals surface area contributed by atoms with Crippen LogP contribution in [0.2, 0.25) is 0 Å². The minimum absolute atomic E-state index is 0.116. The molecule has 2 aliphatic rings. The van der Waals surface area contributed by atoms with Crippen molar-refractivity contribution in [3.05, 3.63) is 0 Å². The fourth-order valence-electron chi connectivity index (χ4n) is 4.81. The average Bonchev–Trinajstić information content (AvgIpc) is 2.33. The second kappa shape index (κ2) is 6.03. The van der Waals surface area contributed by atoms with E-state index in [1.165, 1.54) is 12.8 Å². The fraction of sp³-hybridized carbons (Fsp3) is 0.944. The van der Waals surface area contributed by atoms with Crippen LogP contribution in [0.3, 0.4) is 0 Å². The molecule has 0 aromatic carbocycles. The monoisotopic (exact) mass is 310 g/mol. The van der Waals surface area contributed by atoms with Crippen LogP contribution in [0.4, 0.5) is 4.79 Å². The van der Waals surface area contributed by atoms with Gasteiger partial charge in [0.15, 0.2) is 0 Å². The number of hydrogen-bond acceptors (Lipinski definition) is 3. The zero-order valence-corrected chi connectivity index (χ0v) is 15.2. The summed E-state index contributed by atoms with van der Waals surface area (Å²) in [6.07, 6.45) is 6.24. The Balaban J connectivity index is 2.18. The van der Waals surface area contributed by atoms with Crippen LogP contribution in [0.5, 0.6) is 0 Å². The van der Waals surface area contributed by atoms with E-state index in [-0.39, 0.29) is 22.8 Å². The normalized spacial score (nSPS) is 38.5. The first-order valence-electron chi connectivity index (χ1n) is 8.81. The summed E-state index contributed by atoms with van der Waals surface area (Å²) < 4.78 is 6.07. The summed E-state index contributed by atoms with van der Waals surface area (Å²) in [6.45, 7) is 10.5. The minimum atomic E-state index is -0.297. The molecule has 4 heteroatoms. The van der Waals surface area contributed by atoms with Crippen molar-refractivity contribution in [1.82, 2.24) is 10.6 Å². The lowest BCUT2D eigenvalue weighted by molar-refractivity contribution is -0.102. The molecule has 4 nitrogen and oxygen atoms in total. The molecule has 0 radical (unpaired) electrons. The van der Waals surface area contributed by atoms with E-state index >= 15 is 0 Å². The smallest absolute Gasteiger partial charge is 0.408 e. The van der Waals surface area contributed by atoms with Gasteiger partial charge in [0.2, 0.25) is 0 Å². The van der Waals surface area contributed by atoms with Gasteiger partial charge in [0.1, 0.15) is 5.60 Å². The third-order valence-electron chi connectivity index (χ3n) is 5.45. The topological polar surface area (TPSA) is 50.4 Å². The molecule has 0 aliphatic heterocycles. The summed E-state index contributed by atoms with van der Waals surface area (Å²) in [5.41, 5.74) is -0.438. The average molecular weight is 310 g/mol. The Labute approximate surface area is 135 Å². The summed E-state index contributed by atoms with van der Waals surface area (Å²) in [5.74, 6) is 1.29. The van der Waals surface area contributed by atoms with Crippen LogP contribution in [0.15, 0.2) is 0 Å². The van der Waals surface area contributed by atoms with Gasteiger partial charge in [0.25, 0.3) is 0 Å². The van der Waals surface area contributed by atoms with Gasteiger partial charge in [-0.1, -0.05) is 13.8 Å². The Bertz CT molecular complexity index is 408. The van der Waals surface area contributed by atoms with Crippen molar-refractivity contribution < 1.29 is 9.53 Å². The maximum atomic E-state index is 12.4. The summed E-state index contributed by atoms with van der Waals surface area (Å²) in [5, 5.41) is 6.51. The second-order valence-electron chi connectivity index (χ2n) is 8.83. The fourth-order valence-corrected chi connectivity index (χ4v) is 4.81. The molecule has 2 N–H and O–H groups in total. The van der Waals surface area contributed by atoms with Gasteiger partial charge in [-0.2, -0.15) is 0 Å². The molecule has 2 aliphatic carbocycles. The van der Waals surface area contributed by atoms with Gasteiger partial charge in [-0.25, -0.2) is 4.79 Å². The van der Waals surface area contributed by atoms with Crippen LogP contribution < -0.4 is 10.6 Å². The molecule has 0 aromatic rings. The molecule has 0 aromatic heterocycles. The van der Waals surface area contributed by atoms with Crippen LogP contribution in [-0.4, -0.2) is 29.8 Å². The summed E-state index contributed by atoms with van der Waals surface area (Å²) in [7, 11) is 2.05. The number of nitrogens with one attached hydrogen (secondary N) is 2. The first-order valence-corrected chi connectivity index (χ1v) is 8.81. The summed E-state index contributed by atoms with van der Waals surface area (Å²) in [4.78, 5) is 12.4. The first-order chi connectivity index (χ1) is 10.1. The van der Waals surface area contributed by atoms with Crippen LogP contribution >= 0.6 is 0 Å². The van der Waals surface area contributed by atoms with E-state index in [4.69, 9.17) is 4.74 Å². The van der Waals surface area contributed by atoms with E-state index in [1.807, 2.05) is 20.8 Å². The molecule has 2 saturated carbocycles. The zero-order valence-electron chi connectivity index (χ0n) is 15.2. The third kappa shape index (κ3) is 3.95. The lowest BCUT2D eigenvalue weighted by atomic mass is 9.59. The predicted molar refractivity (Wildman–Crippen MR) is 89.9 cm³/mol. The molecule has 1 amide bonds. The number of rotatable bonds is 3. The Morgan fingerprint density at radius 1 is 1.27 bits per heavy atom. The Hall–Kier alpha value is -0.770. The van der Waals surface area contributed by atoms with E-state index < -0.39 is 0 Å². The molecule has 4 unspecified atom stereocenters. The molecule has 0 saturated heterocycles. The lowest BCUT2D eigenvalue weighted by Gasteiger charge is -2.54. The van der Waals surface area contributed by atoms with Gasteiger partial charge >= 0.3 is 6.09 Å². The molecular formula is C18H34N2O2. The highest BCUT2D eigenvalue weighted by Crippen LogP contribution is 2.51. The molecule has 2 fully saturated rings. The molecule has 0 spiro atoms. The first kappa shape index (κ1) is 17.6. The van der Waals surface area contributed by atoms with Gasteiger partial charge in [-0.15, -0.1) is 0 Å².